The average Bonchev–Trinajstić information content (AvgIpc) is 2.27. The highest BCUT2D eigenvalue weighted by atomic mass is 19.1. The van der Waals surface area contributed by atoms with Gasteiger partial charge in [0.15, 0.2) is 0 Å². The van der Waals surface area contributed by atoms with Gasteiger partial charge in [0.05, 0.1) is 18.8 Å². The average molecular weight is 268 g/mol. The zero-order chi connectivity index (χ0) is 14.4. The summed E-state index contributed by atoms with van der Waals surface area (Å²) in [5.41, 5.74) is 11.0. The Morgan fingerprint density at radius 3 is 2.32 bits per heavy atom. The minimum Gasteiger partial charge on any atom is -0.368 e. The van der Waals surface area contributed by atoms with Gasteiger partial charge in [0.1, 0.15) is 5.82 Å². The molecule has 0 fully saturated rings. The SMILES string of the molecule is CNCc1cccc(F)c1N(CC(N)=O)CC(N)=O. The predicted molar refractivity (Wildman–Crippen MR) is 69.8 cm³/mol. The number of rotatable bonds is 7. The molecule has 7 heteroatoms. The van der Waals surface area contributed by atoms with Gasteiger partial charge < -0.3 is 21.7 Å². The molecule has 0 aliphatic rings. The van der Waals surface area contributed by atoms with Gasteiger partial charge in [0.2, 0.25) is 11.8 Å². The third kappa shape index (κ3) is 4.22. The molecule has 19 heavy (non-hydrogen) atoms. The van der Waals surface area contributed by atoms with E-state index < -0.39 is 17.6 Å². The molecule has 0 unspecified atom stereocenters. The molecule has 2 amide bonds. The molecule has 0 aliphatic carbocycles. The van der Waals surface area contributed by atoms with Gasteiger partial charge in [0, 0.05) is 6.54 Å². The number of carbonyl (C=O) groups is 2. The molecule has 0 saturated carbocycles. The van der Waals surface area contributed by atoms with Gasteiger partial charge in [-0.15, -0.1) is 0 Å². The molecule has 0 radical (unpaired) electrons. The maximum Gasteiger partial charge on any atom is 0.236 e. The number of nitrogens with zero attached hydrogens (tertiary/aromatic N) is 1. The van der Waals surface area contributed by atoms with Gasteiger partial charge in [0.25, 0.3) is 0 Å². The molecular weight excluding hydrogens is 251 g/mol. The molecule has 1 aromatic carbocycles. The summed E-state index contributed by atoms with van der Waals surface area (Å²) in [6, 6.07) is 4.51. The number of hydrogen-bond acceptors (Lipinski definition) is 4. The van der Waals surface area contributed by atoms with Crippen LogP contribution >= 0.6 is 0 Å². The van der Waals surface area contributed by atoms with Gasteiger partial charge in [-0.1, -0.05) is 12.1 Å². The molecule has 0 saturated heterocycles. The van der Waals surface area contributed by atoms with Crippen molar-refractivity contribution < 1.29 is 14.0 Å². The molecule has 0 spiro atoms. The Labute approximate surface area is 110 Å². The third-order valence-corrected chi connectivity index (χ3v) is 2.45. The number of benzene rings is 1. The molecule has 0 atom stereocenters. The smallest absolute Gasteiger partial charge is 0.236 e. The Hall–Kier alpha value is -2.15. The van der Waals surface area contributed by atoms with Gasteiger partial charge in [-0.05, 0) is 18.7 Å². The van der Waals surface area contributed by atoms with E-state index in [-0.39, 0.29) is 18.8 Å². The van der Waals surface area contributed by atoms with Crippen molar-refractivity contribution in [3.8, 4) is 0 Å². The van der Waals surface area contributed by atoms with Crippen LogP contribution in [0.2, 0.25) is 0 Å². The minimum absolute atomic E-state index is 0.162. The van der Waals surface area contributed by atoms with Crippen LogP contribution in [0.15, 0.2) is 18.2 Å². The number of para-hydroxylation sites is 1. The Bertz CT molecular complexity index is 463. The predicted octanol–water partition coefficient (Wildman–Crippen LogP) is -0.678. The topological polar surface area (TPSA) is 101 Å². The van der Waals surface area contributed by atoms with E-state index in [0.29, 0.717) is 12.1 Å². The number of primary amides is 2. The fourth-order valence-corrected chi connectivity index (χ4v) is 1.84. The van der Waals surface area contributed by atoms with Crippen molar-refractivity contribution in [2.75, 3.05) is 25.0 Å². The number of anilines is 1. The summed E-state index contributed by atoms with van der Waals surface area (Å²) < 4.78 is 14.0. The molecule has 1 rings (SSSR count). The van der Waals surface area contributed by atoms with Crippen LogP contribution in [-0.2, 0) is 16.1 Å². The van der Waals surface area contributed by atoms with Crippen molar-refractivity contribution in [3.05, 3.63) is 29.6 Å². The number of hydrogen-bond donors (Lipinski definition) is 3. The number of halogens is 1. The van der Waals surface area contributed by atoms with E-state index in [9.17, 15) is 14.0 Å². The Morgan fingerprint density at radius 1 is 1.26 bits per heavy atom. The highest BCUT2D eigenvalue weighted by Crippen LogP contribution is 2.24. The zero-order valence-corrected chi connectivity index (χ0v) is 10.6. The van der Waals surface area contributed by atoms with E-state index >= 15 is 0 Å². The van der Waals surface area contributed by atoms with Crippen LogP contribution in [0.25, 0.3) is 0 Å². The fraction of sp³-hybridized carbons (Fsp3) is 0.333. The van der Waals surface area contributed by atoms with Crippen molar-refractivity contribution in [3.63, 3.8) is 0 Å². The molecule has 0 aromatic heterocycles. The third-order valence-electron chi connectivity index (χ3n) is 2.45. The number of carbonyl (C=O) groups excluding carboxylic acids is 2. The van der Waals surface area contributed by atoms with E-state index in [4.69, 9.17) is 11.5 Å². The summed E-state index contributed by atoms with van der Waals surface area (Å²) in [6.45, 7) is -0.164. The lowest BCUT2D eigenvalue weighted by molar-refractivity contribution is -0.117. The second-order valence-electron chi connectivity index (χ2n) is 4.07. The van der Waals surface area contributed by atoms with E-state index in [1.807, 2.05) is 0 Å². The van der Waals surface area contributed by atoms with Crippen LogP contribution in [0.1, 0.15) is 5.56 Å². The molecule has 104 valence electrons. The van der Waals surface area contributed by atoms with Crippen LogP contribution in [-0.4, -0.2) is 32.0 Å². The van der Waals surface area contributed by atoms with Crippen LogP contribution in [0.4, 0.5) is 10.1 Å². The largest absolute Gasteiger partial charge is 0.368 e. The van der Waals surface area contributed by atoms with Crippen molar-refractivity contribution in [1.29, 1.82) is 0 Å². The summed E-state index contributed by atoms with van der Waals surface area (Å²) in [4.78, 5) is 23.3. The van der Waals surface area contributed by atoms with Crippen molar-refractivity contribution in [2.24, 2.45) is 11.5 Å². The van der Waals surface area contributed by atoms with Crippen LogP contribution in [0.5, 0.6) is 0 Å². The zero-order valence-electron chi connectivity index (χ0n) is 10.6. The first kappa shape index (κ1) is 14.9. The molecule has 1 aromatic rings. The normalized spacial score (nSPS) is 10.2. The molecule has 5 N–H and O–H groups in total. The Morgan fingerprint density at radius 2 is 1.84 bits per heavy atom. The fourth-order valence-electron chi connectivity index (χ4n) is 1.84. The van der Waals surface area contributed by atoms with Gasteiger partial charge >= 0.3 is 0 Å². The molecule has 0 bridgehead atoms. The molecular formula is C12H17FN4O2. The van der Waals surface area contributed by atoms with E-state index in [0.717, 1.165) is 0 Å². The maximum atomic E-state index is 14.0. The molecule has 6 nitrogen and oxygen atoms in total. The van der Waals surface area contributed by atoms with Crippen LogP contribution < -0.4 is 21.7 Å². The summed E-state index contributed by atoms with van der Waals surface area (Å²) in [7, 11) is 1.71. The second kappa shape index (κ2) is 6.69. The quantitative estimate of drug-likeness (QED) is 0.610. The van der Waals surface area contributed by atoms with Gasteiger partial charge in [-0.2, -0.15) is 0 Å². The Balaban J connectivity index is 3.18. The minimum atomic E-state index is -0.667. The summed E-state index contributed by atoms with van der Waals surface area (Å²) >= 11 is 0. The van der Waals surface area contributed by atoms with E-state index in [1.54, 1.807) is 19.2 Å². The van der Waals surface area contributed by atoms with Crippen LogP contribution in [0, 0.1) is 5.82 Å². The first-order valence-corrected chi connectivity index (χ1v) is 5.69. The van der Waals surface area contributed by atoms with Crippen LogP contribution in [0.3, 0.4) is 0 Å². The highest BCUT2D eigenvalue weighted by molar-refractivity contribution is 5.85. The lowest BCUT2D eigenvalue weighted by Gasteiger charge is -2.25. The maximum absolute atomic E-state index is 14.0. The lowest BCUT2D eigenvalue weighted by Crippen LogP contribution is -2.40. The van der Waals surface area contributed by atoms with E-state index in [1.165, 1.54) is 11.0 Å². The molecule has 0 heterocycles. The lowest BCUT2D eigenvalue weighted by atomic mass is 10.1. The van der Waals surface area contributed by atoms with Crippen molar-refractivity contribution >= 4 is 17.5 Å². The van der Waals surface area contributed by atoms with Gasteiger partial charge in [-0.25, -0.2) is 4.39 Å². The van der Waals surface area contributed by atoms with E-state index in [2.05, 4.69) is 5.32 Å². The Kier molecular flexibility index (Phi) is 5.25. The number of amides is 2. The summed E-state index contributed by atoms with van der Waals surface area (Å²) in [6.07, 6.45) is 0. The second-order valence-corrected chi connectivity index (χ2v) is 4.07. The highest BCUT2D eigenvalue weighted by Gasteiger charge is 2.19. The van der Waals surface area contributed by atoms with Gasteiger partial charge in [-0.3, -0.25) is 9.59 Å². The monoisotopic (exact) mass is 268 g/mol. The van der Waals surface area contributed by atoms with Crippen molar-refractivity contribution in [1.82, 2.24) is 5.32 Å². The summed E-state index contributed by atoms with van der Waals surface area (Å²) in [5.74, 6) is -1.87. The number of nitrogens with one attached hydrogen (secondary N) is 1. The van der Waals surface area contributed by atoms with Crippen molar-refractivity contribution in [2.45, 2.75) is 6.54 Å². The standard InChI is InChI=1S/C12H17FN4O2/c1-16-5-8-3-2-4-9(13)12(8)17(6-10(14)18)7-11(15)19/h2-4,16H,5-7H2,1H3,(H2,14,18)(H2,15,19). The first-order chi connectivity index (χ1) is 8.95. The first-order valence-electron chi connectivity index (χ1n) is 5.69. The molecule has 0 aliphatic heterocycles. The summed E-state index contributed by atoms with van der Waals surface area (Å²) in [5, 5.41) is 2.89. The number of nitrogens with two attached hydrogens (primary N) is 2.